The normalized spacial score (nSPS) is 12.7. The van der Waals surface area contributed by atoms with Crippen molar-refractivity contribution in [3.63, 3.8) is 0 Å². The van der Waals surface area contributed by atoms with Crippen LogP contribution in [0.15, 0.2) is 0 Å². The fourth-order valence-electron chi connectivity index (χ4n) is 0.661. The van der Waals surface area contributed by atoms with E-state index in [0.29, 0.717) is 5.41 Å². The second kappa shape index (κ2) is 3.21. The van der Waals surface area contributed by atoms with Gasteiger partial charge in [-0.2, -0.15) is 0 Å². The lowest BCUT2D eigenvalue weighted by atomic mass is 9.78. The van der Waals surface area contributed by atoms with Crippen LogP contribution in [0.2, 0.25) is 0 Å². The summed E-state index contributed by atoms with van der Waals surface area (Å²) in [5.41, 5.74) is 5.88. The fraction of sp³-hybridized carbons (Fsp3) is 1.00. The van der Waals surface area contributed by atoms with E-state index in [1.54, 1.807) is 0 Å². The molecule has 1 nitrogen and oxygen atoms in total. The minimum Gasteiger partial charge on any atom is -0.330 e. The number of rotatable bonds is 3. The Bertz CT molecular complexity index is 74.6. The van der Waals surface area contributed by atoms with Crippen LogP contribution in [0.4, 0.5) is 0 Å². The zero-order chi connectivity index (χ0) is 7.49. The van der Waals surface area contributed by atoms with Crippen LogP contribution in [0.5, 0.6) is 0 Å². The van der Waals surface area contributed by atoms with Gasteiger partial charge in [-0.3, -0.25) is 0 Å². The van der Waals surface area contributed by atoms with Crippen molar-refractivity contribution >= 4 is 0 Å². The Morgan fingerprint density at radius 2 is 1.78 bits per heavy atom. The van der Waals surface area contributed by atoms with Gasteiger partial charge in [0.2, 0.25) is 0 Å². The van der Waals surface area contributed by atoms with Crippen molar-refractivity contribution in [3.05, 3.63) is 0 Å². The maximum absolute atomic E-state index is 5.45. The molecule has 0 aromatic rings. The zero-order valence-corrected chi connectivity index (χ0v) is 7.07. The molecule has 2 N–H and O–H groups in total. The van der Waals surface area contributed by atoms with Crippen molar-refractivity contribution in [1.82, 2.24) is 0 Å². The highest BCUT2D eigenvalue weighted by molar-refractivity contribution is 4.71. The molecule has 0 heterocycles. The summed E-state index contributed by atoms with van der Waals surface area (Å²) in [6.07, 6.45) is 1.13. The van der Waals surface area contributed by atoms with Crippen LogP contribution in [0.1, 0.15) is 34.1 Å². The maximum Gasteiger partial charge on any atom is -0.00721 e. The molecular weight excluding hydrogens is 110 g/mol. The summed E-state index contributed by atoms with van der Waals surface area (Å²) in [7, 11) is 0. The first-order valence-corrected chi connectivity index (χ1v) is 3.71. The van der Waals surface area contributed by atoms with Crippen LogP contribution in [0.3, 0.4) is 0 Å². The molecule has 0 radical (unpaired) electrons. The van der Waals surface area contributed by atoms with Crippen LogP contribution in [-0.2, 0) is 0 Å². The Hall–Kier alpha value is -0.0400. The molecule has 0 atom stereocenters. The minimum atomic E-state index is 0.425. The summed E-state index contributed by atoms with van der Waals surface area (Å²) in [5, 5.41) is 0. The van der Waals surface area contributed by atoms with Gasteiger partial charge in [0.1, 0.15) is 0 Å². The third-order valence-corrected chi connectivity index (χ3v) is 2.35. The monoisotopic (exact) mass is 129 g/mol. The second-order valence-corrected chi connectivity index (χ2v) is 3.68. The highest BCUT2D eigenvalue weighted by atomic mass is 14.5. The first kappa shape index (κ1) is 8.96. The van der Waals surface area contributed by atoms with Gasteiger partial charge in [-0.25, -0.2) is 0 Å². The van der Waals surface area contributed by atoms with E-state index in [1.807, 2.05) is 0 Å². The fourth-order valence-corrected chi connectivity index (χ4v) is 0.661. The average molecular weight is 129 g/mol. The first-order chi connectivity index (χ1) is 4.00. The van der Waals surface area contributed by atoms with Crippen LogP contribution in [0.25, 0.3) is 0 Å². The first-order valence-electron chi connectivity index (χ1n) is 3.71. The van der Waals surface area contributed by atoms with Gasteiger partial charge in [-0.05, 0) is 24.3 Å². The summed E-state index contributed by atoms with van der Waals surface area (Å²) >= 11 is 0. The largest absolute Gasteiger partial charge is 0.330 e. The second-order valence-electron chi connectivity index (χ2n) is 3.68. The lowest BCUT2D eigenvalue weighted by Gasteiger charge is -2.28. The quantitative estimate of drug-likeness (QED) is 0.620. The van der Waals surface area contributed by atoms with Gasteiger partial charge in [0, 0.05) is 0 Å². The van der Waals surface area contributed by atoms with E-state index in [-0.39, 0.29) is 0 Å². The average Bonchev–Trinajstić information content (AvgIpc) is 1.65. The standard InChI is InChI=1S/C8H19N/c1-7(2)8(3,4)5-6-9/h7H,5-6,9H2,1-4H3. The maximum atomic E-state index is 5.45. The molecule has 0 rings (SSSR count). The van der Waals surface area contributed by atoms with Gasteiger partial charge in [0.05, 0.1) is 0 Å². The van der Waals surface area contributed by atoms with Crippen LogP contribution in [0, 0.1) is 11.3 Å². The zero-order valence-electron chi connectivity index (χ0n) is 7.07. The molecule has 0 aliphatic rings. The highest BCUT2D eigenvalue weighted by Crippen LogP contribution is 2.28. The SMILES string of the molecule is CC(C)C(C)(C)CCN. The third kappa shape index (κ3) is 2.85. The molecule has 0 bridgehead atoms. The molecule has 0 saturated carbocycles. The molecule has 0 saturated heterocycles. The Kier molecular flexibility index (Phi) is 3.20. The molecule has 1 heteroatoms. The lowest BCUT2D eigenvalue weighted by Crippen LogP contribution is -2.22. The number of hydrogen-bond acceptors (Lipinski definition) is 1. The molecule has 0 aliphatic heterocycles. The Labute approximate surface area is 58.6 Å². The van der Waals surface area contributed by atoms with E-state index >= 15 is 0 Å². The van der Waals surface area contributed by atoms with E-state index < -0.39 is 0 Å². The van der Waals surface area contributed by atoms with Crippen LogP contribution in [-0.4, -0.2) is 6.54 Å². The topological polar surface area (TPSA) is 26.0 Å². The smallest absolute Gasteiger partial charge is 0.00721 e. The molecule has 56 valence electrons. The minimum absolute atomic E-state index is 0.425. The van der Waals surface area contributed by atoms with Gasteiger partial charge in [0.25, 0.3) is 0 Å². The van der Waals surface area contributed by atoms with Gasteiger partial charge in [-0.1, -0.05) is 27.7 Å². The molecule has 9 heavy (non-hydrogen) atoms. The van der Waals surface area contributed by atoms with E-state index in [2.05, 4.69) is 27.7 Å². The van der Waals surface area contributed by atoms with Gasteiger partial charge in [0.15, 0.2) is 0 Å². The van der Waals surface area contributed by atoms with Crippen molar-refractivity contribution < 1.29 is 0 Å². The molecule has 0 fully saturated rings. The van der Waals surface area contributed by atoms with Crippen molar-refractivity contribution in [3.8, 4) is 0 Å². The van der Waals surface area contributed by atoms with Crippen molar-refractivity contribution in [2.24, 2.45) is 17.1 Å². The number of nitrogens with two attached hydrogens (primary N) is 1. The Morgan fingerprint density at radius 1 is 1.33 bits per heavy atom. The summed E-state index contributed by atoms with van der Waals surface area (Å²) in [4.78, 5) is 0. The highest BCUT2D eigenvalue weighted by Gasteiger charge is 2.20. The summed E-state index contributed by atoms with van der Waals surface area (Å²) in [6.45, 7) is 9.84. The molecule has 0 aromatic carbocycles. The molecule has 0 unspecified atom stereocenters. The van der Waals surface area contributed by atoms with Crippen molar-refractivity contribution in [1.29, 1.82) is 0 Å². The summed E-state index contributed by atoms with van der Waals surface area (Å²) in [6, 6.07) is 0. The third-order valence-electron chi connectivity index (χ3n) is 2.35. The van der Waals surface area contributed by atoms with Crippen LogP contribution >= 0.6 is 0 Å². The lowest BCUT2D eigenvalue weighted by molar-refractivity contribution is 0.233. The van der Waals surface area contributed by atoms with E-state index in [1.165, 1.54) is 0 Å². The van der Waals surface area contributed by atoms with E-state index in [9.17, 15) is 0 Å². The van der Waals surface area contributed by atoms with Crippen LogP contribution < -0.4 is 5.73 Å². The molecule has 0 aromatic heterocycles. The van der Waals surface area contributed by atoms with Gasteiger partial charge in [-0.15, -0.1) is 0 Å². The summed E-state index contributed by atoms with van der Waals surface area (Å²) < 4.78 is 0. The molecule has 0 amide bonds. The van der Waals surface area contributed by atoms with E-state index in [0.717, 1.165) is 18.9 Å². The predicted molar refractivity (Wildman–Crippen MR) is 42.3 cm³/mol. The predicted octanol–water partition coefficient (Wildman–Crippen LogP) is 2.02. The summed E-state index contributed by atoms with van der Waals surface area (Å²) in [5.74, 6) is 0.737. The van der Waals surface area contributed by atoms with Gasteiger partial charge >= 0.3 is 0 Å². The Balaban J connectivity index is 3.70. The van der Waals surface area contributed by atoms with Crippen molar-refractivity contribution in [2.75, 3.05) is 6.54 Å². The number of hydrogen-bond donors (Lipinski definition) is 1. The molecule has 0 spiro atoms. The van der Waals surface area contributed by atoms with Crippen molar-refractivity contribution in [2.45, 2.75) is 34.1 Å². The van der Waals surface area contributed by atoms with Gasteiger partial charge < -0.3 is 5.73 Å². The Morgan fingerprint density at radius 3 is 1.89 bits per heavy atom. The van der Waals surface area contributed by atoms with E-state index in [4.69, 9.17) is 5.73 Å². The molecular formula is C8H19N. The molecule has 0 aliphatic carbocycles.